The van der Waals surface area contributed by atoms with Crippen LogP contribution in [0.15, 0.2) is 12.1 Å². The number of carboxylic acids is 1. The highest BCUT2D eigenvalue weighted by molar-refractivity contribution is 5.73. The average molecular weight is 258 g/mol. The summed E-state index contributed by atoms with van der Waals surface area (Å²) in [5.41, 5.74) is 0.0522. The predicted octanol–water partition coefficient (Wildman–Crippen LogP) is -0.112. The first kappa shape index (κ1) is 14.1. The van der Waals surface area contributed by atoms with Crippen LogP contribution in [0.2, 0.25) is 0 Å². The highest BCUT2D eigenvalue weighted by Gasteiger charge is 2.27. The van der Waals surface area contributed by atoms with E-state index in [9.17, 15) is 20.1 Å². The molecule has 100 valence electrons. The summed E-state index contributed by atoms with van der Waals surface area (Å²) >= 11 is 0. The third kappa shape index (κ3) is 2.63. The minimum absolute atomic E-state index is 0.000916. The van der Waals surface area contributed by atoms with E-state index in [0.29, 0.717) is 0 Å². The van der Waals surface area contributed by atoms with Crippen molar-refractivity contribution < 1.29 is 34.7 Å². The van der Waals surface area contributed by atoms with Crippen LogP contribution in [0.3, 0.4) is 0 Å². The van der Waals surface area contributed by atoms with Gasteiger partial charge >= 0.3 is 5.97 Å². The number of phenols is 1. The Bertz CT molecular complexity index is 418. The standard InChI is InChI=1S/C11H14O7/c1-17-6-3-5(4-7(18-2)9(6)13)8(12)10(14)11(15)16/h3-4,8,10,12-14H,1-2H3,(H,15,16). The van der Waals surface area contributed by atoms with E-state index in [1.807, 2.05) is 0 Å². The lowest BCUT2D eigenvalue weighted by molar-refractivity contribution is -0.153. The molecule has 2 unspecified atom stereocenters. The average Bonchev–Trinajstić information content (AvgIpc) is 2.37. The minimum Gasteiger partial charge on any atom is -0.502 e. The molecule has 0 radical (unpaired) electrons. The Morgan fingerprint density at radius 3 is 1.94 bits per heavy atom. The molecule has 18 heavy (non-hydrogen) atoms. The van der Waals surface area contributed by atoms with Crippen LogP contribution >= 0.6 is 0 Å². The second-order valence-electron chi connectivity index (χ2n) is 3.50. The number of phenolic OH excluding ortho intramolecular Hbond substituents is 1. The van der Waals surface area contributed by atoms with Gasteiger partial charge in [-0.2, -0.15) is 0 Å². The second-order valence-corrected chi connectivity index (χ2v) is 3.50. The summed E-state index contributed by atoms with van der Waals surface area (Å²) < 4.78 is 9.70. The third-order valence-corrected chi connectivity index (χ3v) is 2.40. The Labute approximate surface area is 103 Å². The highest BCUT2D eigenvalue weighted by Crippen LogP contribution is 2.39. The number of aliphatic carboxylic acids is 1. The maximum atomic E-state index is 10.6. The van der Waals surface area contributed by atoms with E-state index in [4.69, 9.17) is 14.6 Å². The SMILES string of the molecule is COc1cc(C(O)C(O)C(=O)O)cc(OC)c1O. The van der Waals surface area contributed by atoms with E-state index in [2.05, 4.69) is 0 Å². The fraction of sp³-hybridized carbons (Fsp3) is 0.364. The van der Waals surface area contributed by atoms with Crippen molar-refractivity contribution in [2.45, 2.75) is 12.2 Å². The largest absolute Gasteiger partial charge is 0.502 e. The number of benzene rings is 1. The number of hydrogen-bond acceptors (Lipinski definition) is 6. The summed E-state index contributed by atoms with van der Waals surface area (Å²) in [6.07, 6.45) is -3.64. The number of ether oxygens (including phenoxy) is 2. The number of methoxy groups -OCH3 is 2. The van der Waals surface area contributed by atoms with Gasteiger partial charge in [0.15, 0.2) is 17.6 Å². The number of carbonyl (C=O) groups is 1. The summed E-state index contributed by atoms with van der Waals surface area (Å²) in [6, 6.07) is 2.43. The molecule has 0 heterocycles. The van der Waals surface area contributed by atoms with E-state index >= 15 is 0 Å². The second kappa shape index (κ2) is 5.56. The fourth-order valence-electron chi connectivity index (χ4n) is 1.40. The molecule has 0 amide bonds. The molecule has 1 aromatic carbocycles. The molecular formula is C11H14O7. The number of aliphatic hydroxyl groups is 2. The molecule has 0 fully saturated rings. The fourth-order valence-corrected chi connectivity index (χ4v) is 1.40. The number of aromatic hydroxyl groups is 1. The molecule has 1 rings (SSSR count). The summed E-state index contributed by atoms with van der Waals surface area (Å²) in [7, 11) is 2.58. The monoisotopic (exact) mass is 258 g/mol. The number of rotatable bonds is 5. The van der Waals surface area contributed by atoms with Gasteiger partial charge in [-0.25, -0.2) is 4.79 Å². The van der Waals surface area contributed by atoms with E-state index in [1.54, 1.807) is 0 Å². The van der Waals surface area contributed by atoms with Crippen molar-refractivity contribution in [3.05, 3.63) is 17.7 Å². The Morgan fingerprint density at radius 2 is 1.61 bits per heavy atom. The number of aliphatic hydroxyl groups excluding tert-OH is 2. The van der Waals surface area contributed by atoms with Crippen molar-refractivity contribution in [1.82, 2.24) is 0 Å². The molecule has 0 spiro atoms. The lowest BCUT2D eigenvalue weighted by Crippen LogP contribution is -2.27. The molecular weight excluding hydrogens is 244 g/mol. The summed E-state index contributed by atoms with van der Waals surface area (Å²) in [4.78, 5) is 10.6. The molecule has 0 saturated carbocycles. The molecule has 0 bridgehead atoms. The van der Waals surface area contributed by atoms with Gasteiger partial charge in [-0.3, -0.25) is 0 Å². The van der Waals surface area contributed by atoms with Crippen LogP contribution < -0.4 is 9.47 Å². The third-order valence-electron chi connectivity index (χ3n) is 2.40. The lowest BCUT2D eigenvalue weighted by Gasteiger charge is -2.17. The van der Waals surface area contributed by atoms with Gasteiger partial charge in [0.05, 0.1) is 14.2 Å². The van der Waals surface area contributed by atoms with Gasteiger partial charge in [-0.1, -0.05) is 0 Å². The lowest BCUT2D eigenvalue weighted by atomic mass is 10.0. The molecule has 2 atom stereocenters. The molecule has 4 N–H and O–H groups in total. The van der Waals surface area contributed by atoms with E-state index in [1.165, 1.54) is 26.4 Å². The Balaban J connectivity index is 3.21. The number of carboxylic acid groups (broad SMARTS) is 1. The van der Waals surface area contributed by atoms with Crippen molar-refractivity contribution in [1.29, 1.82) is 0 Å². The molecule has 1 aromatic rings. The smallest absolute Gasteiger partial charge is 0.335 e. The van der Waals surface area contributed by atoms with E-state index < -0.39 is 18.2 Å². The summed E-state index contributed by atoms with van der Waals surface area (Å²) in [5, 5.41) is 37.1. The Morgan fingerprint density at radius 1 is 1.17 bits per heavy atom. The molecule has 0 aliphatic heterocycles. The maximum Gasteiger partial charge on any atom is 0.335 e. The van der Waals surface area contributed by atoms with Crippen molar-refractivity contribution in [2.24, 2.45) is 0 Å². The van der Waals surface area contributed by atoms with Crippen LogP contribution in [0.1, 0.15) is 11.7 Å². The van der Waals surface area contributed by atoms with Crippen LogP contribution in [0.5, 0.6) is 17.2 Å². The zero-order valence-corrected chi connectivity index (χ0v) is 9.82. The topological polar surface area (TPSA) is 116 Å². The molecule has 0 saturated heterocycles. The first-order valence-corrected chi connectivity index (χ1v) is 4.96. The van der Waals surface area contributed by atoms with Gasteiger partial charge in [0.2, 0.25) is 5.75 Å². The van der Waals surface area contributed by atoms with Crippen LogP contribution in [-0.4, -0.2) is 46.7 Å². The van der Waals surface area contributed by atoms with Crippen LogP contribution in [-0.2, 0) is 4.79 Å². The van der Waals surface area contributed by atoms with Crippen molar-refractivity contribution in [2.75, 3.05) is 14.2 Å². The van der Waals surface area contributed by atoms with Crippen molar-refractivity contribution >= 4 is 5.97 Å². The summed E-state index contributed by atoms with van der Waals surface area (Å²) in [5.74, 6) is -1.84. The van der Waals surface area contributed by atoms with Gasteiger partial charge in [0.25, 0.3) is 0 Å². The number of hydrogen-bond donors (Lipinski definition) is 4. The predicted molar refractivity (Wildman–Crippen MR) is 59.8 cm³/mol. The molecule has 7 nitrogen and oxygen atoms in total. The van der Waals surface area contributed by atoms with Gasteiger partial charge in [0.1, 0.15) is 6.10 Å². The molecule has 0 aromatic heterocycles. The molecule has 0 aliphatic carbocycles. The minimum atomic E-state index is -1.98. The maximum absolute atomic E-state index is 10.6. The van der Waals surface area contributed by atoms with E-state index in [0.717, 1.165) is 0 Å². The van der Waals surface area contributed by atoms with Crippen molar-refractivity contribution in [3.8, 4) is 17.2 Å². The van der Waals surface area contributed by atoms with Crippen molar-refractivity contribution in [3.63, 3.8) is 0 Å². The van der Waals surface area contributed by atoms with Crippen LogP contribution in [0, 0.1) is 0 Å². The normalized spacial score (nSPS) is 13.8. The van der Waals surface area contributed by atoms with E-state index in [-0.39, 0.29) is 22.8 Å². The summed E-state index contributed by atoms with van der Waals surface area (Å²) in [6.45, 7) is 0. The highest BCUT2D eigenvalue weighted by atomic mass is 16.5. The quantitative estimate of drug-likeness (QED) is 0.582. The first-order valence-electron chi connectivity index (χ1n) is 4.96. The zero-order chi connectivity index (χ0) is 13.9. The Hall–Kier alpha value is -1.99. The zero-order valence-electron chi connectivity index (χ0n) is 9.82. The van der Waals surface area contributed by atoms with Crippen LogP contribution in [0.25, 0.3) is 0 Å². The Kier molecular flexibility index (Phi) is 4.35. The van der Waals surface area contributed by atoms with Gasteiger partial charge in [0, 0.05) is 0 Å². The van der Waals surface area contributed by atoms with Gasteiger partial charge < -0.3 is 29.9 Å². The van der Waals surface area contributed by atoms with Crippen LogP contribution in [0.4, 0.5) is 0 Å². The van der Waals surface area contributed by atoms with Gasteiger partial charge in [-0.15, -0.1) is 0 Å². The van der Waals surface area contributed by atoms with Gasteiger partial charge in [-0.05, 0) is 17.7 Å². The first-order chi connectivity index (χ1) is 8.42. The molecule has 7 heteroatoms. The molecule has 0 aliphatic rings.